The zero-order chi connectivity index (χ0) is 18.3. The molecule has 5 heteroatoms. The predicted molar refractivity (Wildman–Crippen MR) is 109 cm³/mol. The average Bonchev–Trinajstić information content (AvgIpc) is 2.59. The van der Waals surface area contributed by atoms with Crippen molar-refractivity contribution in [3.8, 4) is 11.5 Å². The molecule has 4 nitrogen and oxygen atoms in total. The standard InChI is InChI=1S/C21H29NO3.ClH/c1-16-6-5-7-20(12-16)25-15-18(23)14-22-21(2,3)13-17-8-10-19(24-4)11-9-17;/h5-12,18,22-23H,13-15H2,1-4H3;1H. The molecule has 0 aliphatic heterocycles. The second-order valence-corrected chi connectivity index (χ2v) is 7.07. The monoisotopic (exact) mass is 379 g/mol. The number of β-amino-alcohol motifs (C(OH)–C–C–N with tert-alkyl or cyclic N) is 1. The Morgan fingerprint density at radius 3 is 2.38 bits per heavy atom. The quantitative estimate of drug-likeness (QED) is 0.696. The molecule has 2 rings (SSSR count). The number of aryl methyl sites for hydroxylation is 1. The van der Waals surface area contributed by atoms with E-state index in [2.05, 4.69) is 31.3 Å². The van der Waals surface area contributed by atoms with Crippen LogP contribution >= 0.6 is 12.4 Å². The first kappa shape index (κ1) is 22.3. The lowest BCUT2D eigenvalue weighted by atomic mass is 9.94. The van der Waals surface area contributed by atoms with E-state index in [1.807, 2.05) is 43.3 Å². The molecule has 0 spiro atoms. The number of methoxy groups -OCH3 is 1. The van der Waals surface area contributed by atoms with Crippen LogP contribution < -0.4 is 14.8 Å². The average molecular weight is 380 g/mol. The first-order chi connectivity index (χ1) is 11.9. The highest BCUT2D eigenvalue weighted by Gasteiger charge is 2.19. The van der Waals surface area contributed by atoms with Gasteiger partial charge in [-0.3, -0.25) is 0 Å². The second kappa shape index (κ2) is 10.4. The maximum Gasteiger partial charge on any atom is 0.119 e. The predicted octanol–water partition coefficient (Wildman–Crippen LogP) is 3.78. The molecular formula is C21H30ClNO3. The molecule has 0 aromatic heterocycles. The van der Waals surface area contributed by atoms with E-state index in [9.17, 15) is 5.11 Å². The molecule has 144 valence electrons. The lowest BCUT2D eigenvalue weighted by Crippen LogP contribution is -2.46. The molecule has 0 radical (unpaired) electrons. The van der Waals surface area contributed by atoms with Gasteiger partial charge in [0.25, 0.3) is 0 Å². The zero-order valence-electron chi connectivity index (χ0n) is 16.0. The molecule has 0 bridgehead atoms. The van der Waals surface area contributed by atoms with Gasteiger partial charge in [-0.05, 0) is 62.6 Å². The lowest BCUT2D eigenvalue weighted by Gasteiger charge is -2.28. The molecule has 1 atom stereocenters. The van der Waals surface area contributed by atoms with Crippen molar-refractivity contribution < 1.29 is 14.6 Å². The van der Waals surface area contributed by atoms with Crippen molar-refractivity contribution in [3.05, 3.63) is 59.7 Å². The van der Waals surface area contributed by atoms with Gasteiger partial charge in [0.1, 0.15) is 24.2 Å². The fourth-order valence-electron chi connectivity index (χ4n) is 2.67. The Bertz CT molecular complexity index is 659. The second-order valence-electron chi connectivity index (χ2n) is 7.07. The van der Waals surface area contributed by atoms with Crippen molar-refractivity contribution >= 4 is 12.4 Å². The van der Waals surface area contributed by atoms with E-state index in [0.29, 0.717) is 6.54 Å². The van der Waals surface area contributed by atoms with E-state index in [-0.39, 0.29) is 24.6 Å². The van der Waals surface area contributed by atoms with Crippen LogP contribution in [-0.4, -0.2) is 37.0 Å². The van der Waals surface area contributed by atoms with Gasteiger partial charge in [0.15, 0.2) is 0 Å². The smallest absolute Gasteiger partial charge is 0.119 e. The topological polar surface area (TPSA) is 50.7 Å². The molecule has 0 amide bonds. The molecule has 0 saturated carbocycles. The van der Waals surface area contributed by atoms with E-state index in [0.717, 1.165) is 23.5 Å². The maximum atomic E-state index is 10.2. The number of halogens is 1. The molecule has 2 aromatic carbocycles. The molecule has 0 aliphatic rings. The number of rotatable bonds is 9. The molecule has 26 heavy (non-hydrogen) atoms. The van der Waals surface area contributed by atoms with Crippen LogP contribution in [-0.2, 0) is 6.42 Å². The molecule has 0 aliphatic carbocycles. The number of hydrogen-bond donors (Lipinski definition) is 2. The first-order valence-corrected chi connectivity index (χ1v) is 8.63. The highest BCUT2D eigenvalue weighted by molar-refractivity contribution is 5.85. The number of hydrogen-bond acceptors (Lipinski definition) is 4. The van der Waals surface area contributed by atoms with Crippen molar-refractivity contribution in [2.45, 2.75) is 38.8 Å². The summed E-state index contributed by atoms with van der Waals surface area (Å²) in [6, 6.07) is 15.9. The molecule has 1 unspecified atom stereocenters. The third-order valence-corrected chi connectivity index (χ3v) is 4.05. The van der Waals surface area contributed by atoms with Gasteiger partial charge in [0, 0.05) is 12.1 Å². The minimum atomic E-state index is -0.560. The molecule has 2 aromatic rings. The van der Waals surface area contributed by atoms with Crippen LogP contribution in [0.3, 0.4) is 0 Å². The van der Waals surface area contributed by atoms with Gasteiger partial charge >= 0.3 is 0 Å². The van der Waals surface area contributed by atoms with Gasteiger partial charge in [-0.15, -0.1) is 12.4 Å². The Balaban J connectivity index is 0.00000338. The molecule has 0 fully saturated rings. The normalized spacial score (nSPS) is 12.2. The van der Waals surface area contributed by atoms with Crippen molar-refractivity contribution in [2.75, 3.05) is 20.3 Å². The number of benzene rings is 2. The summed E-state index contributed by atoms with van der Waals surface area (Å²) >= 11 is 0. The summed E-state index contributed by atoms with van der Waals surface area (Å²) < 4.78 is 10.8. The molecule has 0 saturated heterocycles. The molecule has 2 N–H and O–H groups in total. The van der Waals surface area contributed by atoms with E-state index >= 15 is 0 Å². The van der Waals surface area contributed by atoms with Gasteiger partial charge in [-0.1, -0.05) is 24.3 Å². The van der Waals surface area contributed by atoms with E-state index in [1.165, 1.54) is 5.56 Å². The third-order valence-electron chi connectivity index (χ3n) is 4.05. The van der Waals surface area contributed by atoms with Crippen LogP contribution in [0.1, 0.15) is 25.0 Å². The van der Waals surface area contributed by atoms with Crippen molar-refractivity contribution in [1.82, 2.24) is 5.32 Å². The van der Waals surface area contributed by atoms with Crippen LogP contribution in [0, 0.1) is 6.92 Å². The number of aliphatic hydroxyl groups excluding tert-OH is 1. The Morgan fingerprint density at radius 1 is 1.08 bits per heavy atom. The largest absolute Gasteiger partial charge is 0.497 e. The summed E-state index contributed by atoms with van der Waals surface area (Å²) in [6.07, 6.45) is 0.304. The summed E-state index contributed by atoms with van der Waals surface area (Å²) in [7, 11) is 1.67. The van der Waals surface area contributed by atoms with E-state index in [4.69, 9.17) is 9.47 Å². The first-order valence-electron chi connectivity index (χ1n) is 8.63. The minimum absolute atomic E-state index is 0. The Kier molecular flexibility index (Phi) is 8.93. The van der Waals surface area contributed by atoms with Crippen LogP contribution in [0.25, 0.3) is 0 Å². The van der Waals surface area contributed by atoms with Crippen LogP contribution in [0.2, 0.25) is 0 Å². The van der Waals surface area contributed by atoms with E-state index < -0.39 is 6.10 Å². The molecular weight excluding hydrogens is 350 g/mol. The van der Waals surface area contributed by atoms with Crippen LogP contribution in [0.5, 0.6) is 11.5 Å². The zero-order valence-corrected chi connectivity index (χ0v) is 16.8. The van der Waals surface area contributed by atoms with Gasteiger partial charge < -0.3 is 19.9 Å². The van der Waals surface area contributed by atoms with Gasteiger partial charge in [-0.2, -0.15) is 0 Å². The fraction of sp³-hybridized carbons (Fsp3) is 0.429. The summed E-state index contributed by atoms with van der Waals surface area (Å²) in [6.45, 7) is 7.04. The van der Waals surface area contributed by atoms with Crippen LogP contribution in [0.15, 0.2) is 48.5 Å². The van der Waals surface area contributed by atoms with Crippen molar-refractivity contribution in [1.29, 1.82) is 0 Å². The highest BCUT2D eigenvalue weighted by Crippen LogP contribution is 2.17. The maximum absolute atomic E-state index is 10.2. The van der Waals surface area contributed by atoms with Crippen molar-refractivity contribution in [3.63, 3.8) is 0 Å². The summed E-state index contributed by atoms with van der Waals surface area (Å²) in [5.74, 6) is 1.65. The summed E-state index contributed by atoms with van der Waals surface area (Å²) in [5, 5.41) is 13.6. The van der Waals surface area contributed by atoms with E-state index in [1.54, 1.807) is 7.11 Å². The Hall–Kier alpha value is -1.75. The Labute approximate surface area is 162 Å². The highest BCUT2D eigenvalue weighted by atomic mass is 35.5. The fourth-order valence-corrected chi connectivity index (χ4v) is 2.67. The summed E-state index contributed by atoms with van der Waals surface area (Å²) in [5.41, 5.74) is 2.24. The number of ether oxygens (including phenoxy) is 2. The number of nitrogens with one attached hydrogen (secondary N) is 1. The minimum Gasteiger partial charge on any atom is -0.497 e. The molecule has 0 heterocycles. The Morgan fingerprint density at radius 2 is 1.77 bits per heavy atom. The van der Waals surface area contributed by atoms with Crippen molar-refractivity contribution in [2.24, 2.45) is 0 Å². The van der Waals surface area contributed by atoms with Crippen LogP contribution in [0.4, 0.5) is 0 Å². The lowest BCUT2D eigenvalue weighted by molar-refractivity contribution is 0.0988. The number of aliphatic hydroxyl groups is 1. The third kappa shape index (κ3) is 7.65. The van der Waals surface area contributed by atoms with Gasteiger partial charge in [0.2, 0.25) is 0 Å². The SMILES string of the molecule is COc1ccc(CC(C)(C)NCC(O)COc2cccc(C)c2)cc1.Cl. The van der Waals surface area contributed by atoms with Gasteiger partial charge in [-0.25, -0.2) is 0 Å². The summed E-state index contributed by atoms with van der Waals surface area (Å²) in [4.78, 5) is 0. The van der Waals surface area contributed by atoms with Gasteiger partial charge in [0.05, 0.1) is 7.11 Å².